The SMILES string of the molecule is COc1ccc(C(=O)[C@@H]2[C@@H]3C(=O)N(c4ccc5c(c4)OCCO5)C(=O)[C@H]3[C@H]3c4ccccc4C=NN23)cc1. The van der Waals surface area contributed by atoms with Gasteiger partial charge in [-0.25, -0.2) is 4.90 Å². The number of carbonyl (C=O) groups is 3. The number of amides is 2. The van der Waals surface area contributed by atoms with Crippen LogP contribution >= 0.6 is 0 Å². The molecule has 0 N–H and O–H groups in total. The maximum atomic E-state index is 14.1. The van der Waals surface area contributed by atoms with Crippen molar-refractivity contribution in [1.82, 2.24) is 5.01 Å². The Bertz CT molecular complexity index is 1520. The van der Waals surface area contributed by atoms with E-state index in [0.29, 0.717) is 41.7 Å². The second-order valence-electron chi connectivity index (χ2n) is 9.63. The van der Waals surface area contributed by atoms with E-state index >= 15 is 0 Å². The van der Waals surface area contributed by atoms with Crippen LogP contribution in [0.4, 0.5) is 5.69 Å². The summed E-state index contributed by atoms with van der Waals surface area (Å²) in [5.41, 5.74) is 2.55. The molecule has 2 fully saturated rings. The third-order valence-corrected chi connectivity index (χ3v) is 7.72. The van der Waals surface area contributed by atoms with Crippen molar-refractivity contribution in [2.24, 2.45) is 16.9 Å². The number of benzene rings is 3. The van der Waals surface area contributed by atoms with Crippen molar-refractivity contribution in [2.45, 2.75) is 12.1 Å². The largest absolute Gasteiger partial charge is 0.497 e. The van der Waals surface area contributed by atoms with Gasteiger partial charge in [0.05, 0.1) is 36.9 Å². The zero-order valence-electron chi connectivity index (χ0n) is 20.4. The summed E-state index contributed by atoms with van der Waals surface area (Å²) in [7, 11) is 1.55. The summed E-state index contributed by atoms with van der Waals surface area (Å²) in [4.78, 5) is 43.3. The van der Waals surface area contributed by atoms with Gasteiger partial charge in [-0.3, -0.25) is 19.4 Å². The zero-order chi connectivity index (χ0) is 26.0. The van der Waals surface area contributed by atoms with E-state index in [0.717, 1.165) is 11.1 Å². The highest BCUT2D eigenvalue weighted by Gasteiger charge is 2.65. The van der Waals surface area contributed by atoms with Gasteiger partial charge in [0.1, 0.15) is 25.0 Å². The minimum absolute atomic E-state index is 0.271. The number of fused-ring (bicyclic) bond motifs is 6. The molecule has 9 nitrogen and oxygen atoms in total. The minimum Gasteiger partial charge on any atom is -0.497 e. The molecule has 2 saturated heterocycles. The van der Waals surface area contributed by atoms with Crippen molar-refractivity contribution in [3.05, 3.63) is 83.4 Å². The van der Waals surface area contributed by atoms with Crippen LogP contribution < -0.4 is 19.1 Å². The standard InChI is InChI=1S/C29H23N3O6/c1-36-19-9-6-16(7-10-19)27(33)26-24-23(25-20-5-3-2-4-17(20)15-30-32(25)26)28(34)31(29(24)35)18-8-11-21-22(14-18)38-13-12-37-21/h2-11,14-15,23-26H,12-13H2,1H3/t23-,24-,25-,26+/m1/s1. The van der Waals surface area contributed by atoms with E-state index in [9.17, 15) is 14.4 Å². The molecule has 0 bridgehead atoms. The molecule has 38 heavy (non-hydrogen) atoms. The molecule has 3 aromatic rings. The van der Waals surface area contributed by atoms with Gasteiger partial charge in [0.25, 0.3) is 0 Å². The van der Waals surface area contributed by atoms with Crippen molar-refractivity contribution in [2.75, 3.05) is 25.2 Å². The lowest BCUT2D eigenvalue weighted by atomic mass is 9.83. The number of Topliss-reactive ketones (excluding diaryl/α,β-unsaturated/α-hetero) is 1. The number of anilines is 1. The van der Waals surface area contributed by atoms with Gasteiger partial charge in [-0.2, -0.15) is 5.10 Å². The summed E-state index contributed by atoms with van der Waals surface area (Å²) < 4.78 is 16.5. The van der Waals surface area contributed by atoms with E-state index < -0.39 is 29.8 Å². The van der Waals surface area contributed by atoms with Gasteiger partial charge in [0.2, 0.25) is 11.8 Å². The number of methoxy groups -OCH3 is 1. The topological polar surface area (TPSA) is 97.7 Å². The molecular weight excluding hydrogens is 486 g/mol. The summed E-state index contributed by atoms with van der Waals surface area (Å²) in [6, 6.07) is 17.9. The third kappa shape index (κ3) is 3.17. The molecule has 4 aliphatic heterocycles. The van der Waals surface area contributed by atoms with E-state index in [2.05, 4.69) is 5.10 Å². The molecule has 3 aromatic carbocycles. The maximum Gasteiger partial charge on any atom is 0.240 e. The Morgan fingerprint density at radius 3 is 2.45 bits per heavy atom. The Hall–Kier alpha value is -4.66. The smallest absolute Gasteiger partial charge is 0.240 e. The Labute approximate surface area is 218 Å². The highest BCUT2D eigenvalue weighted by Crippen LogP contribution is 2.53. The molecule has 4 atom stereocenters. The zero-order valence-corrected chi connectivity index (χ0v) is 20.4. The van der Waals surface area contributed by atoms with Crippen LogP contribution in [0.15, 0.2) is 71.8 Å². The second kappa shape index (κ2) is 8.44. The van der Waals surface area contributed by atoms with Crippen molar-refractivity contribution >= 4 is 29.5 Å². The first-order valence-electron chi connectivity index (χ1n) is 12.4. The van der Waals surface area contributed by atoms with Crippen LogP contribution in [-0.2, 0) is 9.59 Å². The lowest BCUT2D eigenvalue weighted by Crippen LogP contribution is -2.44. The predicted molar refractivity (Wildman–Crippen MR) is 137 cm³/mol. The van der Waals surface area contributed by atoms with Crippen LogP contribution in [0, 0.1) is 11.8 Å². The lowest BCUT2D eigenvalue weighted by Gasteiger charge is -2.34. The van der Waals surface area contributed by atoms with Gasteiger partial charge in [-0.05, 0) is 47.5 Å². The number of hydrazone groups is 1. The summed E-state index contributed by atoms with van der Waals surface area (Å²) in [5, 5.41) is 6.26. The molecule has 2 amide bonds. The average molecular weight is 510 g/mol. The van der Waals surface area contributed by atoms with Gasteiger partial charge in [-0.1, -0.05) is 24.3 Å². The molecule has 7 rings (SSSR count). The number of nitrogens with zero attached hydrogens (tertiary/aromatic N) is 3. The van der Waals surface area contributed by atoms with Crippen molar-refractivity contribution < 1.29 is 28.6 Å². The van der Waals surface area contributed by atoms with Crippen LogP contribution in [0.2, 0.25) is 0 Å². The summed E-state index contributed by atoms with van der Waals surface area (Å²) in [5.74, 6) is -1.08. The number of hydrogen-bond acceptors (Lipinski definition) is 8. The monoisotopic (exact) mass is 509 g/mol. The van der Waals surface area contributed by atoms with Gasteiger partial charge in [0, 0.05) is 11.6 Å². The molecule has 190 valence electrons. The van der Waals surface area contributed by atoms with E-state index in [1.165, 1.54) is 4.90 Å². The van der Waals surface area contributed by atoms with Crippen molar-refractivity contribution in [1.29, 1.82) is 0 Å². The predicted octanol–water partition coefficient (Wildman–Crippen LogP) is 3.23. The fourth-order valence-corrected chi connectivity index (χ4v) is 6.02. The van der Waals surface area contributed by atoms with Crippen molar-refractivity contribution in [3.8, 4) is 17.2 Å². The molecule has 0 aliphatic carbocycles. The number of ketones is 1. The Kier molecular flexibility index (Phi) is 5.01. The Balaban J connectivity index is 1.33. The second-order valence-corrected chi connectivity index (χ2v) is 9.63. The molecule has 9 heteroatoms. The van der Waals surface area contributed by atoms with Gasteiger partial charge < -0.3 is 14.2 Å². The van der Waals surface area contributed by atoms with Gasteiger partial charge >= 0.3 is 0 Å². The average Bonchev–Trinajstić information content (AvgIpc) is 3.44. The first-order chi connectivity index (χ1) is 18.6. The van der Waals surface area contributed by atoms with Crippen LogP contribution in [-0.4, -0.2) is 55.2 Å². The Morgan fingerprint density at radius 1 is 0.921 bits per heavy atom. The van der Waals surface area contributed by atoms with E-state index in [1.54, 1.807) is 60.8 Å². The molecule has 0 spiro atoms. The van der Waals surface area contributed by atoms with Crippen molar-refractivity contribution in [3.63, 3.8) is 0 Å². The number of rotatable bonds is 4. The number of carbonyl (C=O) groups excluding carboxylic acids is 3. The molecule has 4 heterocycles. The van der Waals surface area contributed by atoms with Gasteiger partial charge in [-0.15, -0.1) is 0 Å². The quantitative estimate of drug-likeness (QED) is 0.394. The maximum absolute atomic E-state index is 14.1. The highest BCUT2D eigenvalue weighted by atomic mass is 16.6. The summed E-state index contributed by atoms with van der Waals surface area (Å²) >= 11 is 0. The van der Waals surface area contributed by atoms with Gasteiger partial charge in [0.15, 0.2) is 17.3 Å². The van der Waals surface area contributed by atoms with Crippen LogP contribution in [0.5, 0.6) is 17.2 Å². The molecular formula is C29H23N3O6. The molecule has 0 radical (unpaired) electrons. The van der Waals surface area contributed by atoms with Crippen LogP contribution in [0.3, 0.4) is 0 Å². The van der Waals surface area contributed by atoms with E-state index in [1.807, 2.05) is 24.3 Å². The number of imide groups is 1. The third-order valence-electron chi connectivity index (χ3n) is 7.72. The van der Waals surface area contributed by atoms with Crippen LogP contribution in [0.25, 0.3) is 0 Å². The molecule has 4 aliphatic rings. The lowest BCUT2D eigenvalue weighted by molar-refractivity contribution is -0.124. The molecule has 0 unspecified atom stereocenters. The Morgan fingerprint density at radius 2 is 1.66 bits per heavy atom. The molecule has 0 saturated carbocycles. The first-order valence-corrected chi connectivity index (χ1v) is 12.4. The van der Waals surface area contributed by atoms with E-state index in [4.69, 9.17) is 14.2 Å². The highest BCUT2D eigenvalue weighted by molar-refractivity contribution is 6.24. The normalized spacial score (nSPS) is 24.7. The van der Waals surface area contributed by atoms with E-state index in [-0.39, 0.29) is 11.7 Å². The number of ether oxygens (including phenoxy) is 3. The fraction of sp³-hybridized carbons (Fsp3) is 0.241. The summed E-state index contributed by atoms with van der Waals surface area (Å²) in [6.45, 7) is 0.818. The minimum atomic E-state index is -0.943. The number of hydrogen-bond donors (Lipinski definition) is 0. The first kappa shape index (κ1) is 22.5. The fourth-order valence-electron chi connectivity index (χ4n) is 6.02. The summed E-state index contributed by atoms with van der Waals surface area (Å²) in [6.07, 6.45) is 1.69. The molecule has 0 aromatic heterocycles. The van der Waals surface area contributed by atoms with Crippen LogP contribution in [0.1, 0.15) is 27.5 Å².